The smallest absolute Gasteiger partial charge is 0.272 e. The Balaban J connectivity index is 1.76. The molecule has 0 aromatic carbocycles. The normalized spacial score (nSPS) is 19.1. The van der Waals surface area contributed by atoms with Gasteiger partial charge in [-0.05, 0) is 6.07 Å². The molecule has 0 radical (unpaired) electrons. The van der Waals surface area contributed by atoms with E-state index in [4.69, 9.17) is 4.74 Å². The molecular weight excluding hydrogens is 258 g/mol. The number of rotatable bonds is 2. The Kier molecular flexibility index (Phi) is 3.42. The summed E-state index contributed by atoms with van der Waals surface area (Å²) in [7, 11) is 1.76. The molecule has 2 aromatic heterocycles. The van der Waals surface area contributed by atoms with Crippen molar-refractivity contribution in [2.45, 2.75) is 6.10 Å². The second kappa shape index (κ2) is 5.38. The molecule has 1 saturated heterocycles. The highest BCUT2D eigenvalue weighted by Crippen LogP contribution is 2.20. The molecular formula is C13H15N5O2. The minimum atomic E-state index is -0.227. The second-order valence-corrected chi connectivity index (χ2v) is 4.58. The van der Waals surface area contributed by atoms with E-state index in [2.05, 4.69) is 15.1 Å². The van der Waals surface area contributed by atoms with Crippen molar-refractivity contribution in [1.82, 2.24) is 24.6 Å². The van der Waals surface area contributed by atoms with Gasteiger partial charge in [0.05, 0.1) is 25.0 Å². The minimum absolute atomic E-state index is 0.0396. The van der Waals surface area contributed by atoms with E-state index in [0.29, 0.717) is 25.4 Å². The van der Waals surface area contributed by atoms with Gasteiger partial charge in [-0.2, -0.15) is 5.10 Å². The van der Waals surface area contributed by atoms with Gasteiger partial charge in [0.1, 0.15) is 11.8 Å². The first-order chi connectivity index (χ1) is 9.75. The Hall–Kier alpha value is -2.28. The van der Waals surface area contributed by atoms with E-state index < -0.39 is 0 Å². The van der Waals surface area contributed by atoms with Crippen LogP contribution in [0.2, 0.25) is 0 Å². The number of carbonyl (C=O) groups excluding carboxylic acids is 1. The largest absolute Gasteiger partial charge is 0.368 e. The predicted octanol–water partition coefficient (Wildman–Crippen LogP) is 0.424. The fraction of sp³-hybridized carbons (Fsp3) is 0.385. The molecule has 3 heterocycles. The lowest BCUT2D eigenvalue weighted by molar-refractivity contribution is -0.0252. The number of aromatic nitrogens is 4. The number of hydrogen-bond acceptors (Lipinski definition) is 5. The number of aryl methyl sites for hydroxylation is 1. The first-order valence-electron chi connectivity index (χ1n) is 6.40. The predicted molar refractivity (Wildman–Crippen MR) is 69.8 cm³/mol. The van der Waals surface area contributed by atoms with E-state index in [-0.39, 0.29) is 12.0 Å². The fourth-order valence-corrected chi connectivity index (χ4v) is 2.24. The summed E-state index contributed by atoms with van der Waals surface area (Å²) >= 11 is 0. The van der Waals surface area contributed by atoms with Crippen LogP contribution in [0.25, 0.3) is 0 Å². The van der Waals surface area contributed by atoms with Crippen molar-refractivity contribution in [2.24, 2.45) is 7.05 Å². The minimum Gasteiger partial charge on any atom is -0.368 e. The Labute approximate surface area is 116 Å². The zero-order valence-corrected chi connectivity index (χ0v) is 11.1. The molecule has 0 bridgehead atoms. The molecule has 0 spiro atoms. The molecule has 7 nitrogen and oxygen atoms in total. The number of ether oxygens (including phenoxy) is 1. The molecule has 0 unspecified atom stereocenters. The van der Waals surface area contributed by atoms with Crippen LogP contribution in [0.1, 0.15) is 22.3 Å². The number of carbonyl (C=O) groups is 1. The lowest BCUT2D eigenvalue weighted by Crippen LogP contribution is -2.43. The molecule has 1 aliphatic rings. The van der Waals surface area contributed by atoms with E-state index in [0.717, 1.165) is 5.69 Å². The van der Waals surface area contributed by atoms with Gasteiger partial charge in [0, 0.05) is 32.2 Å². The molecule has 20 heavy (non-hydrogen) atoms. The molecule has 0 saturated carbocycles. The lowest BCUT2D eigenvalue weighted by atomic mass is 10.2. The average Bonchev–Trinajstić information content (AvgIpc) is 2.94. The van der Waals surface area contributed by atoms with E-state index in [9.17, 15) is 4.79 Å². The summed E-state index contributed by atoms with van der Waals surface area (Å²) in [4.78, 5) is 22.5. The fourth-order valence-electron chi connectivity index (χ4n) is 2.24. The topological polar surface area (TPSA) is 73.1 Å². The van der Waals surface area contributed by atoms with Crippen molar-refractivity contribution in [2.75, 3.05) is 19.7 Å². The highest BCUT2D eigenvalue weighted by Gasteiger charge is 2.28. The first kappa shape index (κ1) is 12.7. The monoisotopic (exact) mass is 273 g/mol. The van der Waals surface area contributed by atoms with Gasteiger partial charge in [0.15, 0.2) is 0 Å². The number of amides is 1. The second-order valence-electron chi connectivity index (χ2n) is 4.58. The maximum Gasteiger partial charge on any atom is 0.272 e. The molecule has 3 rings (SSSR count). The Morgan fingerprint density at radius 3 is 3.00 bits per heavy atom. The maximum atomic E-state index is 12.4. The van der Waals surface area contributed by atoms with Crippen LogP contribution in [0, 0.1) is 0 Å². The van der Waals surface area contributed by atoms with Crippen LogP contribution in [-0.4, -0.2) is 50.3 Å². The van der Waals surface area contributed by atoms with Gasteiger partial charge >= 0.3 is 0 Å². The van der Waals surface area contributed by atoms with Crippen LogP contribution in [-0.2, 0) is 11.8 Å². The van der Waals surface area contributed by atoms with Crippen LogP contribution in [0.3, 0.4) is 0 Å². The van der Waals surface area contributed by atoms with Crippen molar-refractivity contribution in [3.05, 3.63) is 42.2 Å². The van der Waals surface area contributed by atoms with Gasteiger partial charge < -0.3 is 9.64 Å². The summed E-state index contributed by atoms with van der Waals surface area (Å²) in [6, 6.07) is 1.72. The molecule has 1 atom stereocenters. The van der Waals surface area contributed by atoms with Gasteiger partial charge in [-0.1, -0.05) is 0 Å². The summed E-state index contributed by atoms with van der Waals surface area (Å²) in [6.45, 7) is 1.54. The first-order valence-corrected chi connectivity index (χ1v) is 6.40. The Bertz CT molecular complexity index is 598. The number of morpholine rings is 1. The van der Waals surface area contributed by atoms with Gasteiger partial charge in [-0.3, -0.25) is 19.4 Å². The van der Waals surface area contributed by atoms with Crippen LogP contribution in [0.4, 0.5) is 0 Å². The average molecular weight is 273 g/mol. The van der Waals surface area contributed by atoms with E-state index in [1.165, 1.54) is 0 Å². The van der Waals surface area contributed by atoms with Crippen LogP contribution in [0.15, 0.2) is 30.9 Å². The van der Waals surface area contributed by atoms with E-state index in [1.807, 2.05) is 0 Å². The zero-order valence-electron chi connectivity index (χ0n) is 11.1. The molecule has 7 heteroatoms. The van der Waals surface area contributed by atoms with Gasteiger partial charge in [-0.15, -0.1) is 0 Å². The Morgan fingerprint density at radius 1 is 1.40 bits per heavy atom. The van der Waals surface area contributed by atoms with E-state index >= 15 is 0 Å². The number of nitrogens with zero attached hydrogens (tertiary/aromatic N) is 5. The van der Waals surface area contributed by atoms with Gasteiger partial charge in [0.25, 0.3) is 5.91 Å². The molecule has 1 fully saturated rings. The highest BCUT2D eigenvalue weighted by molar-refractivity contribution is 5.92. The molecule has 1 aliphatic heterocycles. The highest BCUT2D eigenvalue weighted by atomic mass is 16.5. The molecule has 2 aromatic rings. The van der Waals surface area contributed by atoms with Crippen molar-refractivity contribution in [3.8, 4) is 0 Å². The summed E-state index contributed by atoms with van der Waals surface area (Å²) in [5.41, 5.74) is 1.32. The van der Waals surface area contributed by atoms with Gasteiger partial charge in [0.2, 0.25) is 0 Å². The third kappa shape index (κ3) is 2.39. The summed E-state index contributed by atoms with van der Waals surface area (Å²) in [5.74, 6) is -0.0396. The van der Waals surface area contributed by atoms with Crippen LogP contribution < -0.4 is 0 Å². The quantitative estimate of drug-likeness (QED) is 0.793. The van der Waals surface area contributed by atoms with Crippen LogP contribution in [0.5, 0.6) is 0 Å². The van der Waals surface area contributed by atoms with Crippen LogP contribution >= 0.6 is 0 Å². The zero-order chi connectivity index (χ0) is 13.9. The van der Waals surface area contributed by atoms with Crippen molar-refractivity contribution in [1.29, 1.82) is 0 Å². The van der Waals surface area contributed by atoms with Crippen molar-refractivity contribution in [3.63, 3.8) is 0 Å². The van der Waals surface area contributed by atoms with E-state index in [1.54, 1.807) is 47.5 Å². The molecule has 0 aliphatic carbocycles. The van der Waals surface area contributed by atoms with Gasteiger partial charge in [-0.25, -0.2) is 0 Å². The lowest BCUT2D eigenvalue weighted by Gasteiger charge is -2.32. The standard InChI is InChI=1S/C13H15N5O2/c1-17-11(2-3-16-17)13(19)18-6-7-20-12(9-18)10-8-14-4-5-15-10/h2-5,8,12H,6-7,9H2,1H3/t12-/m1/s1. The molecule has 104 valence electrons. The van der Waals surface area contributed by atoms with Crippen molar-refractivity contribution >= 4 is 5.91 Å². The third-order valence-corrected chi connectivity index (χ3v) is 3.31. The molecule has 0 N–H and O–H groups in total. The summed E-state index contributed by atoms with van der Waals surface area (Å²) in [5, 5.41) is 4.03. The maximum absolute atomic E-state index is 12.4. The number of hydrogen-bond donors (Lipinski definition) is 0. The molecule has 1 amide bonds. The summed E-state index contributed by atoms with van der Waals surface area (Å²) in [6.07, 6.45) is 6.30. The summed E-state index contributed by atoms with van der Waals surface area (Å²) < 4.78 is 7.25. The third-order valence-electron chi connectivity index (χ3n) is 3.31. The van der Waals surface area contributed by atoms with Crippen molar-refractivity contribution < 1.29 is 9.53 Å². The Morgan fingerprint density at radius 2 is 2.30 bits per heavy atom. The SMILES string of the molecule is Cn1nccc1C(=O)N1CCO[C@@H](c2cnccn2)C1.